The van der Waals surface area contributed by atoms with E-state index in [9.17, 15) is 4.79 Å². The zero-order chi connectivity index (χ0) is 8.57. The summed E-state index contributed by atoms with van der Waals surface area (Å²) in [6, 6.07) is 2.03. The molecule has 0 bridgehead atoms. The van der Waals surface area contributed by atoms with Gasteiger partial charge in [0.15, 0.2) is 0 Å². The fraction of sp³-hybridized carbons (Fsp3) is 0.714. The molecule has 0 saturated carbocycles. The van der Waals surface area contributed by atoms with Crippen LogP contribution in [0, 0.1) is 17.2 Å². The van der Waals surface area contributed by atoms with Crippen LogP contribution in [-0.4, -0.2) is 25.4 Å². The van der Waals surface area contributed by atoms with Gasteiger partial charge in [-0.3, -0.25) is 4.79 Å². The van der Waals surface area contributed by atoms with Crippen molar-refractivity contribution in [1.82, 2.24) is 4.90 Å². The number of hydrogen-bond acceptors (Lipinski definition) is 2. The Kier molecular flexibility index (Phi) is 9.33. The summed E-state index contributed by atoms with van der Waals surface area (Å²) in [6.45, 7) is 3.72. The third kappa shape index (κ3) is 28.2. The van der Waals surface area contributed by atoms with Crippen LogP contribution in [0.1, 0.15) is 13.8 Å². The fourth-order valence-electron chi connectivity index (χ4n) is 0. The molecule has 0 aliphatic rings. The quantitative estimate of drug-likeness (QED) is 0.510. The van der Waals surface area contributed by atoms with Gasteiger partial charge in [-0.1, -0.05) is 0 Å². The van der Waals surface area contributed by atoms with Crippen LogP contribution in [0.5, 0.6) is 0 Å². The first kappa shape index (κ1) is 11.7. The first-order valence-electron chi connectivity index (χ1n) is 3.06. The standard InChI is InChI=1S/C4H7N.C3H7NO/c2*1-4(2)3-5/h4H,1-2H3;3H,1-2H3. The first-order valence-corrected chi connectivity index (χ1v) is 3.06. The lowest BCUT2D eigenvalue weighted by atomic mass is 10.3. The van der Waals surface area contributed by atoms with E-state index in [4.69, 9.17) is 5.26 Å². The molecule has 0 aliphatic carbocycles. The van der Waals surface area contributed by atoms with E-state index in [-0.39, 0.29) is 5.92 Å². The fourth-order valence-corrected chi connectivity index (χ4v) is 0. The maximum absolute atomic E-state index is 9.43. The Morgan fingerprint density at radius 1 is 1.50 bits per heavy atom. The van der Waals surface area contributed by atoms with Crippen molar-refractivity contribution in [3.8, 4) is 6.07 Å². The van der Waals surface area contributed by atoms with E-state index < -0.39 is 0 Å². The highest BCUT2D eigenvalue weighted by atomic mass is 16.1. The van der Waals surface area contributed by atoms with Crippen LogP contribution in [0.3, 0.4) is 0 Å². The van der Waals surface area contributed by atoms with Crippen LogP contribution in [0.25, 0.3) is 0 Å². The van der Waals surface area contributed by atoms with Crippen molar-refractivity contribution in [2.24, 2.45) is 5.92 Å². The number of carbonyl (C=O) groups is 1. The molecule has 0 aromatic rings. The molecule has 0 aliphatic heterocycles. The van der Waals surface area contributed by atoms with Crippen molar-refractivity contribution in [2.75, 3.05) is 14.1 Å². The van der Waals surface area contributed by atoms with E-state index in [0.717, 1.165) is 6.41 Å². The molecule has 0 heterocycles. The Labute approximate surface area is 62.2 Å². The summed E-state index contributed by atoms with van der Waals surface area (Å²) in [7, 11) is 3.38. The molecule has 3 heteroatoms. The largest absolute Gasteiger partial charge is 0.351 e. The van der Waals surface area contributed by atoms with Gasteiger partial charge in [0.1, 0.15) is 0 Å². The van der Waals surface area contributed by atoms with Gasteiger partial charge in [0, 0.05) is 20.0 Å². The molecule has 0 radical (unpaired) electrons. The van der Waals surface area contributed by atoms with Crippen molar-refractivity contribution >= 4 is 6.41 Å². The summed E-state index contributed by atoms with van der Waals surface area (Å²) < 4.78 is 0. The molecule has 0 N–H and O–H groups in total. The molecule has 0 aromatic carbocycles. The van der Waals surface area contributed by atoms with E-state index in [2.05, 4.69) is 0 Å². The van der Waals surface area contributed by atoms with Gasteiger partial charge in [-0.25, -0.2) is 0 Å². The zero-order valence-corrected chi connectivity index (χ0v) is 6.96. The van der Waals surface area contributed by atoms with Gasteiger partial charge in [0.2, 0.25) is 6.41 Å². The summed E-state index contributed by atoms with van der Waals surface area (Å²) in [5, 5.41) is 7.89. The minimum Gasteiger partial charge on any atom is -0.351 e. The number of hydrogen-bond donors (Lipinski definition) is 0. The van der Waals surface area contributed by atoms with Gasteiger partial charge >= 0.3 is 0 Å². The summed E-state index contributed by atoms with van der Waals surface area (Å²) in [6.07, 6.45) is 0.750. The van der Waals surface area contributed by atoms with E-state index >= 15 is 0 Å². The molecule has 0 unspecified atom stereocenters. The zero-order valence-electron chi connectivity index (χ0n) is 6.96. The SMILES string of the molecule is CC(C)C#N.CN(C)C=O. The number of nitriles is 1. The molecule has 0 spiro atoms. The third-order valence-electron chi connectivity index (χ3n) is 0.469. The van der Waals surface area contributed by atoms with E-state index in [1.54, 1.807) is 14.1 Å². The van der Waals surface area contributed by atoms with Gasteiger partial charge in [0.05, 0.1) is 6.07 Å². The predicted octanol–water partition coefficient (Wildman–Crippen LogP) is 0.870. The second kappa shape index (κ2) is 7.96. The number of nitrogens with zero attached hydrogens (tertiary/aromatic N) is 2. The molecule has 58 valence electrons. The lowest BCUT2D eigenvalue weighted by molar-refractivity contribution is -0.115. The Balaban J connectivity index is 0. The lowest BCUT2D eigenvalue weighted by Gasteiger charge is -1.93. The molecule has 0 aromatic heterocycles. The van der Waals surface area contributed by atoms with Gasteiger partial charge < -0.3 is 4.90 Å². The average Bonchev–Trinajstić information content (AvgIpc) is 1.89. The Hall–Kier alpha value is -1.04. The van der Waals surface area contributed by atoms with E-state index in [0.29, 0.717) is 0 Å². The first-order chi connectivity index (χ1) is 4.54. The Morgan fingerprint density at radius 3 is 1.70 bits per heavy atom. The normalized spacial score (nSPS) is 7.20. The topological polar surface area (TPSA) is 44.1 Å². The number of rotatable bonds is 1. The molecule has 0 saturated heterocycles. The van der Waals surface area contributed by atoms with Crippen LogP contribution in [-0.2, 0) is 4.79 Å². The summed E-state index contributed by atoms with van der Waals surface area (Å²) in [4.78, 5) is 10.9. The molecule has 1 amide bonds. The van der Waals surface area contributed by atoms with Crippen LogP contribution >= 0.6 is 0 Å². The van der Waals surface area contributed by atoms with Crippen LogP contribution in [0.4, 0.5) is 0 Å². The van der Waals surface area contributed by atoms with Crippen LogP contribution in [0.2, 0.25) is 0 Å². The maximum Gasteiger partial charge on any atom is 0.209 e. The van der Waals surface area contributed by atoms with Crippen LogP contribution in [0.15, 0.2) is 0 Å². The van der Waals surface area contributed by atoms with Gasteiger partial charge in [-0.15, -0.1) is 0 Å². The Bertz CT molecular complexity index is 113. The van der Waals surface area contributed by atoms with Crippen molar-refractivity contribution in [2.45, 2.75) is 13.8 Å². The summed E-state index contributed by atoms with van der Waals surface area (Å²) in [5.41, 5.74) is 0. The Morgan fingerprint density at radius 2 is 1.70 bits per heavy atom. The highest BCUT2D eigenvalue weighted by Gasteiger charge is 1.78. The molecular weight excluding hydrogens is 128 g/mol. The molecule has 0 atom stereocenters. The van der Waals surface area contributed by atoms with Crippen molar-refractivity contribution in [1.29, 1.82) is 5.26 Å². The second-order valence-electron chi connectivity index (χ2n) is 2.35. The molecule has 0 rings (SSSR count). The van der Waals surface area contributed by atoms with E-state index in [1.807, 2.05) is 19.9 Å². The van der Waals surface area contributed by atoms with Gasteiger partial charge in [-0.2, -0.15) is 5.26 Å². The average molecular weight is 142 g/mol. The minimum absolute atomic E-state index is 0.190. The lowest BCUT2D eigenvalue weighted by Crippen LogP contribution is -2.06. The van der Waals surface area contributed by atoms with Crippen molar-refractivity contribution in [3.63, 3.8) is 0 Å². The molecular formula is C7H14N2O. The smallest absolute Gasteiger partial charge is 0.209 e. The maximum atomic E-state index is 9.43. The highest BCUT2D eigenvalue weighted by Crippen LogP contribution is 1.81. The van der Waals surface area contributed by atoms with Gasteiger partial charge in [0.25, 0.3) is 0 Å². The van der Waals surface area contributed by atoms with Gasteiger partial charge in [-0.05, 0) is 13.8 Å². The predicted molar refractivity (Wildman–Crippen MR) is 40.2 cm³/mol. The molecule has 3 nitrogen and oxygen atoms in total. The number of amides is 1. The van der Waals surface area contributed by atoms with Crippen molar-refractivity contribution < 1.29 is 4.79 Å². The number of carbonyl (C=O) groups excluding carboxylic acids is 1. The highest BCUT2D eigenvalue weighted by molar-refractivity contribution is 5.45. The monoisotopic (exact) mass is 142 g/mol. The third-order valence-corrected chi connectivity index (χ3v) is 0.469. The summed E-state index contributed by atoms with van der Waals surface area (Å²) >= 11 is 0. The van der Waals surface area contributed by atoms with Crippen LogP contribution < -0.4 is 0 Å². The summed E-state index contributed by atoms with van der Waals surface area (Å²) in [5.74, 6) is 0.190. The minimum atomic E-state index is 0.190. The molecule has 0 fully saturated rings. The molecule has 10 heavy (non-hydrogen) atoms. The van der Waals surface area contributed by atoms with E-state index in [1.165, 1.54) is 4.90 Å². The second-order valence-corrected chi connectivity index (χ2v) is 2.35. The van der Waals surface area contributed by atoms with Crippen molar-refractivity contribution in [3.05, 3.63) is 0 Å².